The molecule has 0 aliphatic carbocycles. The molecule has 6 heteroatoms. The monoisotopic (exact) mass is 276 g/mol. The fourth-order valence-corrected chi connectivity index (χ4v) is 3.49. The van der Waals surface area contributed by atoms with Crippen molar-refractivity contribution in [2.24, 2.45) is 0 Å². The van der Waals surface area contributed by atoms with E-state index >= 15 is 0 Å². The lowest BCUT2D eigenvalue weighted by atomic mass is 10.3. The fraction of sp³-hybridized carbons (Fsp3) is 0.385. The number of rotatable bonds is 5. The first-order valence-electron chi connectivity index (χ1n) is 6.35. The number of hydrogen-bond donors (Lipinski definition) is 1. The van der Waals surface area contributed by atoms with Crippen LogP contribution in [0.4, 0.5) is 0 Å². The SMILES string of the molecule is O=C1CSC(c2ccc[nH]2)N1CCCn1ccnc1. The Balaban J connectivity index is 1.59. The number of hydrogen-bond acceptors (Lipinski definition) is 3. The molecular formula is C13H16N4OS. The maximum Gasteiger partial charge on any atom is 0.233 e. The Morgan fingerprint density at radius 2 is 2.42 bits per heavy atom. The molecule has 0 aromatic carbocycles. The molecule has 0 bridgehead atoms. The van der Waals surface area contributed by atoms with Gasteiger partial charge in [0.15, 0.2) is 0 Å². The molecule has 1 unspecified atom stereocenters. The number of H-pyrrole nitrogens is 1. The van der Waals surface area contributed by atoms with E-state index in [-0.39, 0.29) is 11.3 Å². The van der Waals surface area contributed by atoms with Gasteiger partial charge < -0.3 is 14.5 Å². The summed E-state index contributed by atoms with van der Waals surface area (Å²) >= 11 is 1.69. The number of nitrogens with one attached hydrogen (secondary N) is 1. The van der Waals surface area contributed by atoms with Crippen LogP contribution in [0.1, 0.15) is 17.5 Å². The third-order valence-corrected chi connectivity index (χ3v) is 4.47. The van der Waals surface area contributed by atoms with Gasteiger partial charge in [-0.3, -0.25) is 4.79 Å². The summed E-state index contributed by atoms with van der Waals surface area (Å²) in [6, 6.07) is 4.02. The van der Waals surface area contributed by atoms with E-state index in [0.29, 0.717) is 5.75 Å². The Kier molecular flexibility index (Phi) is 3.59. The van der Waals surface area contributed by atoms with Crippen LogP contribution in [0.25, 0.3) is 0 Å². The van der Waals surface area contributed by atoms with Crippen molar-refractivity contribution in [2.45, 2.75) is 18.3 Å². The average Bonchev–Trinajstić information content (AvgIpc) is 3.12. The van der Waals surface area contributed by atoms with Crippen LogP contribution >= 0.6 is 11.8 Å². The van der Waals surface area contributed by atoms with Crippen molar-refractivity contribution in [3.05, 3.63) is 42.7 Å². The molecular weight excluding hydrogens is 260 g/mol. The highest BCUT2D eigenvalue weighted by atomic mass is 32.2. The molecule has 100 valence electrons. The van der Waals surface area contributed by atoms with Crippen LogP contribution in [-0.2, 0) is 11.3 Å². The molecule has 0 radical (unpaired) electrons. The first-order valence-corrected chi connectivity index (χ1v) is 7.39. The predicted octanol–water partition coefficient (Wildman–Crippen LogP) is 1.88. The van der Waals surface area contributed by atoms with Gasteiger partial charge in [0.25, 0.3) is 0 Å². The van der Waals surface area contributed by atoms with Gasteiger partial charge in [-0.1, -0.05) is 0 Å². The second kappa shape index (κ2) is 5.52. The molecule has 1 atom stereocenters. The van der Waals surface area contributed by atoms with E-state index in [1.54, 1.807) is 18.0 Å². The van der Waals surface area contributed by atoms with Gasteiger partial charge in [-0.2, -0.15) is 0 Å². The molecule has 0 spiro atoms. The Bertz CT molecular complexity index is 523. The second-order valence-corrected chi connectivity index (χ2v) is 5.60. The van der Waals surface area contributed by atoms with Gasteiger partial charge in [0.2, 0.25) is 5.91 Å². The van der Waals surface area contributed by atoms with Crippen molar-refractivity contribution in [1.82, 2.24) is 19.4 Å². The first kappa shape index (κ1) is 12.3. The summed E-state index contributed by atoms with van der Waals surface area (Å²) in [5.74, 6) is 0.810. The third-order valence-electron chi connectivity index (χ3n) is 3.23. The Hall–Kier alpha value is -1.69. The largest absolute Gasteiger partial charge is 0.363 e. The minimum absolute atomic E-state index is 0.144. The van der Waals surface area contributed by atoms with Gasteiger partial charge >= 0.3 is 0 Å². The van der Waals surface area contributed by atoms with Gasteiger partial charge in [-0.15, -0.1) is 11.8 Å². The molecule has 1 saturated heterocycles. The van der Waals surface area contributed by atoms with Gasteiger partial charge in [-0.05, 0) is 18.6 Å². The first-order chi connectivity index (χ1) is 9.34. The molecule has 1 aliphatic heterocycles. The number of carbonyl (C=O) groups excluding carboxylic acids is 1. The maximum atomic E-state index is 11.9. The minimum Gasteiger partial charge on any atom is -0.363 e. The lowest BCUT2D eigenvalue weighted by molar-refractivity contribution is -0.128. The van der Waals surface area contributed by atoms with Crippen molar-refractivity contribution in [3.8, 4) is 0 Å². The van der Waals surface area contributed by atoms with Gasteiger partial charge in [0.1, 0.15) is 5.37 Å². The molecule has 0 saturated carbocycles. The number of aromatic amines is 1. The molecule has 3 heterocycles. The van der Waals surface area contributed by atoms with E-state index in [1.165, 1.54) is 0 Å². The summed E-state index contributed by atoms with van der Waals surface area (Å²) in [6.45, 7) is 1.68. The zero-order chi connectivity index (χ0) is 13.1. The number of imidazole rings is 1. The summed E-state index contributed by atoms with van der Waals surface area (Å²) in [5, 5.41) is 0.144. The highest BCUT2D eigenvalue weighted by Crippen LogP contribution is 2.37. The van der Waals surface area contributed by atoms with Gasteiger partial charge in [0.05, 0.1) is 12.1 Å². The average molecular weight is 276 g/mol. The Morgan fingerprint density at radius 3 is 3.16 bits per heavy atom. The number of nitrogens with zero attached hydrogens (tertiary/aromatic N) is 3. The van der Waals surface area contributed by atoms with Crippen molar-refractivity contribution < 1.29 is 4.79 Å². The van der Waals surface area contributed by atoms with Crippen molar-refractivity contribution in [1.29, 1.82) is 0 Å². The normalized spacial score (nSPS) is 19.3. The van der Waals surface area contributed by atoms with Gasteiger partial charge in [0, 0.05) is 37.4 Å². The molecule has 3 rings (SSSR count). The third kappa shape index (κ3) is 2.68. The van der Waals surface area contributed by atoms with Crippen LogP contribution in [0, 0.1) is 0 Å². The summed E-state index contributed by atoms with van der Waals surface area (Å²) in [6.07, 6.45) is 8.38. The smallest absolute Gasteiger partial charge is 0.233 e. The van der Waals surface area contributed by atoms with Crippen LogP contribution in [0.15, 0.2) is 37.1 Å². The maximum absolute atomic E-state index is 11.9. The van der Waals surface area contributed by atoms with Crippen molar-refractivity contribution >= 4 is 17.7 Å². The quantitative estimate of drug-likeness (QED) is 0.907. The lowest BCUT2D eigenvalue weighted by Crippen LogP contribution is -2.30. The van der Waals surface area contributed by atoms with Crippen LogP contribution < -0.4 is 0 Å². The van der Waals surface area contributed by atoms with Crippen LogP contribution in [-0.4, -0.2) is 37.6 Å². The molecule has 2 aromatic rings. The highest BCUT2D eigenvalue weighted by Gasteiger charge is 2.32. The fourth-order valence-electron chi connectivity index (χ4n) is 2.29. The Labute approximate surface area is 116 Å². The number of amides is 1. The second-order valence-electron chi connectivity index (χ2n) is 4.53. The van der Waals surface area contributed by atoms with E-state index in [9.17, 15) is 4.79 Å². The van der Waals surface area contributed by atoms with E-state index in [2.05, 4.69) is 9.97 Å². The minimum atomic E-state index is 0.144. The molecule has 19 heavy (non-hydrogen) atoms. The van der Waals surface area contributed by atoms with E-state index in [4.69, 9.17) is 0 Å². The zero-order valence-corrected chi connectivity index (χ0v) is 11.3. The van der Waals surface area contributed by atoms with E-state index in [0.717, 1.165) is 25.2 Å². The molecule has 1 fully saturated rings. The summed E-state index contributed by atoms with van der Waals surface area (Å²) < 4.78 is 2.04. The highest BCUT2D eigenvalue weighted by molar-refractivity contribution is 8.00. The van der Waals surface area contributed by atoms with E-state index in [1.807, 2.05) is 40.3 Å². The lowest BCUT2D eigenvalue weighted by Gasteiger charge is -2.23. The molecule has 2 aromatic heterocycles. The van der Waals surface area contributed by atoms with Crippen LogP contribution in [0.5, 0.6) is 0 Å². The summed E-state index contributed by atoms with van der Waals surface area (Å²) in [5.41, 5.74) is 1.11. The standard InChI is InChI=1S/C13H16N4OS/c18-12-9-19-13(11-3-1-4-15-11)17(12)7-2-6-16-8-5-14-10-16/h1,3-5,8,10,13,15H,2,6-7,9H2. The predicted molar refractivity (Wildman–Crippen MR) is 74.5 cm³/mol. The number of aromatic nitrogens is 3. The summed E-state index contributed by atoms with van der Waals surface area (Å²) in [4.78, 5) is 21.1. The van der Waals surface area contributed by atoms with Crippen LogP contribution in [0.3, 0.4) is 0 Å². The number of aryl methyl sites for hydroxylation is 1. The zero-order valence-electron chi connectivity index (χ0n) is 10.5. The molecule has 1 aliphatic rings. The number of carbonyl (C=O) groups is 1. The van der Waals surface area contributed by atoms with Crippen molar-refractivity contribution in [3.63, 3.8) is 0 Å². The van der Waals surface area contributed by atoms with Gasteiger partial charge in [-0.25, -0.2) is 4.98 Å². The number of thioether (sulfide) groups is 1. The Morgan fingerprint density at radius 1 is 1.47 bits per heavy atom. The van der Waals surface area contributed by atoms with Crippen LogP contribution in [0.2, 0.25) is 0 Å². The topological polar surface area (TPSA) is 53.9 Å². The molecule has 1 amide bonds. The van der Waals surface area contributed by atoms with Crippen molar-refractivity contribution in [2.75, 3.05) is 12.3 Å². The molecule has 5 nitrogen and oxygen atoms in total. The summed E-state index contributed by atoms with van der Waals surface area (Å²) in [7, 11) is 0. The molecule has 1 N–H and O–H groups in total. The van der Waals surface area contributed by atoms with E-state index < -0.39 is 0 Å².